The summed E-state index contributed by atoms with van der Waals surface area (Å²) in [6, 6.07) is 0. The maximum atomic E-state index is 11.7. The minimum atomic E-state index is -0.394. The van der Waals surface area contributed by atoms with Crippen molar-refractivity contribution in [1.82, 2.24) is 9.78 Å². The molecule has 0 aromatic carbocycles. The van der Waals surface area contributed by atoms with Gasteiger partial charge in [0.2, 0.25) is 0 Å². The van der Waals surface area contributed by atoms with Crippen molar-refractivity contribution in [3.05, 3.63) is 34.2 Å². The van der Waals surface area contributed by atoms with Gasteiger partial charge in [-0.1, -0.05) is 17.7 Å². The standard InChI is InChI=1S/C11H16ClN3O2S/c1-2-6-18-7-3-13-9-8-14-15(4-5-16)11(17)10(9)12/h2,8,13,16H,1,3-7H2. The van der Waals surface area contributed by atoms with Crippen LogP contribution in [0.2, 0.25) is 5.02 Å². The van der Waals surface area contributed by atoms with E-state index in [2.05, 4.69) is 17.0 Å². The minimum Gasteiger partial charge on any atom is -0.394 e. The highest BCUT2D eigenvalue weighted by Gasteiger charge is 2.08. The molecule has 100 valence electrons. The SMILES string of the molecule is C=CCSCCNc1cnn(CCO)c(=O)c1Cl. The molecular formula is C11H16ClN3O2S. The zero-order valence-electron chi connectivity index (χ0n) is 9.93. The second-order valence-corrected chi connectivity index (χ2v) is 4.94. The number of halogens is 1. The summed E-state index contributed by atoms with van der Waals surface area (Å²) in [5, 5.41) is 15.8. The summed E-state index contributed by atoms with van der Waals surface area (Å²) in [4.78, 5) is 11.7. The number of hydrogen-bond donors (Lipinski definition) is 2. The largest absolute Gasteiger partial charge is 0.394 e. The predicted octanol–water partition coefficient (Wildman–Crippen LogP) is 1.22. The molecule has 1 aromatic rings. The van der Waals surface area contributed by atoms with E-state index in [1.54, 1.807) is 11.8 Å². The van der Waals surface area contributed by atoms with Gasteiger partial charge in [-0.2, -0.15) is 16.9 Å². The lowest BCUT2D eigenvalue weighted by Gasteiger charge is -2.09. The van der Waals surface area contributed by atoms with Crippen LogP contribution >= 0.6 is 23.4 Å². The highest BCUT2D eigenvalue weighted by molar-refractivity contribution is 7.99. The third-order valence-corrected chi connectivity index (χ3v) is 3.42. The lowest BCUT2D eigenvalue weighted by molar-refractivity contribution is 0.266. The summed E-state index contributed by atoms with van der Waals surface area (Å²) in [5.41, 5.74) is 0.129. The molecule has 0 aliphatic rings. The van der Waals surface area contributed by atoms with Crippen molar-refractivity contribution < 1.29 is 5.11 Å². The van der Waals surface area contributed by atoms with Crippen LogP contribution in [-0.4, -0.2) is 39.5 Å². The second kappa shape index (κ2) is 8.18. The molecule has 1 rings (SSSR count). The van der Waals surface area contributed by atoms with E-state index in [-0.39, 0.29) is 18.2 Å². The van der Waals surface area contributed by atoms with Gasteiger partial charge in [0, 0.05) is 18.1 Å². The number of rotatable bonds is 8. The van der Waals surface area contributed by atoms with E-state index in [4.69, 9.17) is 16.7 Å². The number of aliphatic hydroxyl groups is 1. The summed E-state index contributed by atoms with van der Waals surface area (Å²) >= 11 is 7.67. The molecule has 7 heteroatoms. The van der Waals surface area contributed by atoms with Crippen molar-refractivity contribution in [2.75, 3.05) is 30.0 Å². The minimum absolute atomic E-state index is 0.104. The molecule has 18 heavy (non-hydrogen) atoms. The van der Waals surface area contributed by atoms with E-state index in [0.717, 1.165) is 16.2 Å². The Bertz CT molecular complexity index is 450. The van der Waals surface area contributed by atoms with Gasteiger partial charge in [-0.05, 0) is 0 Å². The average Bonchev–Trinajstić information content (AvgIpc) is 2.37. The number of anilines is 1. The van der Waals surface area contributed by atoms with Crippen molar-refractivity contribution in [1.29, 1.82) is 0 Å². The second-order valence-electron chi connectivity index (χ2n) is 3.41. The smallest absolute Gasteiger partial charge is 0.287 e. The number of nitrogens with zero attached hydrogens (tertiary/aromatic N) is 2. The molecule has 0 fully saturated rings. The van der Waals surface area contributed by atoms with Gasteiger partial charge < -0.3 is 10.4 Å². The van der Waals surface area contributed by atoms with Crippen molar-refractivity contribution in [3.8, 4) is 0 Å². The Morgan fingerprint density at radius 3 is 3.11 bits per heavy atom. The van der Waals surface area contributed by atoms with Gasteiger partial charge in [0.1, 0.15) is 5.02 Å². The van der Waals surface area contributed by atoms with Crippen LogP contribution in [0, 0.1) is 0 Å². The Hall–Kier alpha value is -0.980. The van der Waals surface area contributed by atoms with Crippen molar-refractivity contribution >= 4 is 29.1 Å². The summed E-state index contributed by atoms with van der Waals surface area (Å²) in [5.74, 6) is 1.79. The normalized spacial score (nSPS) is 10.3. The number of nitrogens with one attached hydrogen (secondary N) is 1. The fraction of sp³-hybridized carbons (Fsp3) is 0.455. The highest BCUT2D eigenvalue weighted by atomic mass is 35.5. The van der Waals surface area contributed by atoms with Gasteiger partial charge in [-0.3, -0.25) is 4.79 Å². The molecule has 1 heterocycles. The van der Waals surface area contributed by atoms with Crippen LogP contribution in [0.3, 0.4) is 0 Å². The van der Waals surface area contributed by atoms with E-state index in [1.165, 1.54) is 6.20 Å². The van der Waals surface area contributed by atoms with Gasteiger partial charge in [-0.15, -0.1) is 6.58 Å². The lowest BCUT2D eigenvalue weighted by atomic mass is 10.4. The van der Waals surface area contributed by atoms with E-state index in [9.17, 15) is 4.79 Å². The Morgan fingerprint density at radius 2 is 2.44 bits per heavy atom. The van der Waals surface area contributed by atoms with E-state index in [0.29, 0.717) is 12.2 Å². The van der Waals surface area contributed by atoms with E-state index in [1.807, 2.05) is 6.08 Å². The quantitative estimate of drug-likeness (QED) is 0.556. The first-order chi connectivity index (χ1) is 8.70. The molecule has 1 aromatic heterocycles. The molecule has 0 saturated heterocycles. The van der Waals surface area contributed by atoms with Crippen LogP contribution in [0.4, 0.5) is 5.69 Å². The molecule has 0 amide bonds. The zero-order valence-corrected chi connectivity index (χ0v) is 11.5. The molecule has 2 N–H and O–H groups in total. The number of thioether (sulfide) groups is 1. The number of hydrogen-bond acceptors (Lipinski definition) is 5. The van der Waals surface area contributed by atoms with Crippen LogP contribution in [0.5, 0.6) is 0 Å². The molecule has 0 atom stereocenters. The fourth-order valence-corrected chi connectivity index (χ4v) is 2.06. The summed E-state index contributed by atoms with van der Waals surface area (Å²) in [7, 11) is 0. The molecule has 0 aliphatic carbocycles. The molecule has 0 aliphatic heterocycles. The third kappa shape index (κ3) is 4.36. The van der Waals surface area contributed by atoms with Gasteiger partial charge in [0.15, 0.2) is 0 Å². The Morgan fingerprint density at radius 1 is 1.67 bits per heavy atom. The maximum Gasteiger partial charge on any atom is 0.287 e. The first kappa shape index (κ1) is 15.1. The van der Waals surface area contributed by atoms with Crippen LogP contribution in [0.15, 0.2) is 23.6 Å². The molecule has 0 saturated carbocycles. The van der Waals surface area contributed by atoms with Gasteiger partial charge in [-0.25, -0.2) is 4.68 Å². The first-order valence-electron chi connectivity index (χ1n) is 5.49. The predicted molar refractivity (Wildman–Crippen MR) is 76.6 cm³/mol. The van der Waals surface area contributed by atoms with Gasteiger partial charge in [0.05, 0.1) is 25.0 Å². The van der Waals surface area contributed by atoms with Crippen molar-refractivity contribution in [3.63, 3.8) is 0 Å². The van der Waals surface area contributed by atoms with Crippen LogP contribution < -0.4 is 10.9 Å². The van der Waals surface area contributed by atoms with Gasteiger partial charge >= 0.3 is 0 Å². The zero-order chi connectivity index (χ0) is 13.4. The molecule has 0 bridgehead atoms. The fourth-order valence-electron chi connectivity index (χ4n) is 1.27. The van der Waals surface area contributed by atoms with Crippen molar-refractivity contribution in [2.45, 2.75) is 6.54 Å². The maximum absolute atomic E-state index is 11.7. The summed E-state index contributed by atoms with van der Waals surface area (Å²) in [6.45, 7) is 4.33. The van der Waals surface area contributed by atoms with Crippen LogP contribution in [0.25, 0.3) is 0 Å². The average molecular weight is 290 g/mol. The van der Waals surface area contributed by atoms with Crippen molar-refractivity contribution in [2.24, 2.45) is 0 Å². The summed E-state index contributed by atoms with van der Waals surface area (Å²) < 4.78 is 1.14. The molecule has 0 spiro atoms. The summed E-state index contributed by atoms with van der Waals surface area (Å²) in [6.07, 6.45) is 3.34. The topological polar surface area (TPSA) is 67.2 Å². The lowest BCUT2D eigenvalue weighted by Crippen LogP contribution is -2.25. The number of aromatic nitrogens is 2. The monoisotopic (exact) mass is 289 g/mol. The van der Waals surface area contributed by atoms with Gasteiger partial charge in [0.25, 0.3) is 5.56 Å². The first-order valence-corrected chi connectivity index (χ1v) is 7.03. The van der Waals surface area contributed by atoms with Crippen LogP contribution in [-0.2, 0) is 6.54 Å². The molecule has 5 nitrogen and oxygen atoms in total. The molecule has 0 radical (unpaired) electrons. The third-order valence-electron chi connectivity index (χ3n) is 2.09. The van der Waals surface area contributed by atoms with E-state index >= 15 is 0 Å². The molecular weight excluding hydrogens is 274 g/mol. The highest BCUT2D eigenvalue weighted by Crippen LogP contribution is 2.15. The Kier molecular flexibility index (Phi) is 6.85. The molecule has 0 unspecified atom stereocenters. The number of aliphatic hydroxyl groups excluding tert-OH is 1. The van der Waals surface area contributed by atoms with Crippen LogP contribution in [0.1, 0.15) is 0 Å². The Labute approximate surface area is 115 Å². The van der Waals surface area contributed by atoms with E-state index < -0.39 is 5.56 Å². The Balaban J connectivity index is 2.59.